The zero-order chi connectivity index (χ0) is 19.5. The van der Waals surface area contributed by atoms with Gasteiger partial charge in [-0.05, 0) is 13.0 Å². The molecule has 0 radical (unpaired) electrons. The molecule has 1 saturated heterocycles. The van der Waals surface area contributed by atoms with E-state index in [4.69, 9.17) is 9.84 Å². The Morgan fingerprint density at radius 3 is 2.65 bits per heavy atom. The van der Waals surface area contributed by atoms with Gasteiger partial charge in [0.1, 0.15) is 0 Å². The summed E-state index contributed by atoms with van der Waals surface area (Å²) in [6.45, 7) is 0.0822. The number of carbonyl (C=O) groups excluding carboxylic acids is 1. The lowest BCUT2D eigenvalue weighted by atomic mass is 10.1. The fourth-order valence-electron chi connectivity index (χ4n) is 2.26. The number of halogens is 4. The van der Waals surface area contributed by atoms with E-state index in [1.165, 1.54) is 11.0 Å². The lowest BCUT2D eigenvalue weighted by Crippen LogP contribution is -2.51. The smallest absolute Gasteiger partial charge is 0.340 e. The SMILES string of the molecule is C[C@@H]1CN(C(=O)c2ccc(OCC(F)(F)C(F)F)nc2)CC(C(=O)O)O1. The Kier molecular flexibility index (Phi) is 6.01. The zero-order valence-corrected chi connectivity index (χ0v) is 13.6. The van der Waals surface area contributed by atoms with Crippen LogP contribution in [0.4, 0.5) is 17.6 Å². The molecule has 2 heterocycles. The van der Waals surface area contributed by atoms with Crippen molar-refractivity contribution < 1.29 is 41.7 Å². The van der Waals surface area contributed by atoms with Crippen LogP contribution in [-0.2, 0) is 9.53 Å². The van der Waals surface area contributed by atoms with Crippen molar-refractivity contribution in [2.24, 2.45) is 0 Å². The maximum absolute atomic E-state index is 12.8. The highest BCUT2D eigenvalue weighted by Gasteiger charge is 2.42. The highest BCUT2D eigenvalue weighted by Crippen LogP contribution is 2.24. The first-order valence-corrected chi connectivity index (χ1v) is 7.52. The molecule has 0 aromatic carbocycles. The molecule has 1 aromatic heterocycles. The van der Waals surface area contributed by atoms with E-state index < -0.39 is 43.0 Å². The molecule has 1 aromatic rings. The third kappa shape index (κ3) is 4.81. The van der Waals surface area contributed by atoms with Crippen molar-refractivity contribution in [2.75, 3.05) is 19.7 Å². The largest absolute Gasteiger partial charge is 0.479 e. The highest BCUT2D eigenvalue weighted by molar-refractivity contribution is 5.94. The number of morpholine rings is 1. The minimum atomic E-state index is -4.31. The summed E-state index contributed by atoms with van der Waals surface area (Å²) in [5, 5.41) is 9.02. The van der Waals surface area contributed by atoms with E-state index in [2.05, 4.69) is 9.72 Å². The third-order valence-corrected chi connectivity index (χ3v) is 3.54. The van der Waals surface area contributed by atoms with Crippen LogP contribution >= 0.6 is 0 Å². The molecule has 1 aliphatic heterocycles. The van der Waals surface area contributed by atoms with Gasteiger partial charge in [0.15, 0.2) is 12.7 Å². The average Bonchev–Trinajstić information content (AvgIpc) is 2.59. The zero-order valence-electron chi connectivity index (χ0n) is 13.6. The van der Waals surface area contributed by atoms with Crippen molar-refractivity contribution in [2.45, 2.75) is 31.5 Å². The molecular formula is C15H16F4N2O5. The number of hydrogen-bond donors (Lipinski definition) is 1. The number of aromatic nitrogens is 1. The summed E-state index contributed by atoms with van der Waals surface area (Å²) >= 11 is 0. The van der Waals surface area contributed by atoms with Crippen LogP contribution in [0.2, 0.25) is 0 Å². The van der Waals surface area contributed by atoms with Gasteiger partial charge in [-0.15, -0.1) is 0 Å². The van der Waals surface area contributed by atoms with Crippen molar-refractivity contribution in [1.29, 1.82) is 0 Å². The summed E-state index contributed by atoms with van der Waals surface area (Å²) in [6.07, 6.45) is -4.47. The van der Waals surface area contributed by atoms with E-state index in [1.807, 2.05) is 0 Å². The normalized spacial score (nSPS) is 20.9. The highest BCUT2D eigenvalue weighted by atomic mass is 19.3. The van der Waals surface area contributed by atoms with Crippen molar-refractivity contribution in [3.63, 3.8) is 0 Å². The number of aliphatic carboxylic acids is 1. The Balaban J connectivity index is 2.01. The monoisotopic (exact) mass is 380 g/mol. The maximum atomic E-state index is 12.8. The van der Waals surface area contributed by atoms with Gasteiger partial charge in [0.05, 0.1) is 18.2 Å². The molecule has 1 unspecified atom stereocenters. The number of amides is 1. The van der Waals surface area contributed by atoms with Crippen LogP contribution in [0.1, 0.15) is 17.3 Å². The number of alkyl halides is 4. The van der Waals surface area contributed by atoms with Gasteiger partial charge >= 0.3 is 18.3 Å². The number of hydrogen-bond acceptors (Lipinski definition) is 5. The summed E-state index contributed by atoms with van der Waals surface area (Å²) in [7, 11) is 0. The lowest BCUT2D eigenvalue weighted by Gasteiger charge is -2.34. The molecule has 2 rings (SSSR count). The first-order valence-electron chi connectivity index (χ1n) is 7.52. The second-order valence-electron chi connectivity index (χ2n) is 5.72. The molecule has 1 N–H and O–H groups in total. The molecule has 0 aliphatic carbocycles. The molecule has 1 aliphatic rings. The fourth-order valence-corrected chi connectivity index (χ4v) is 2.26. The Hall–Kier alpha value is -2.43. The average molecular weight is 380 g/mol. The first-order chi connectivity index (χ1) is 12.1. The van der Waals surface area contributed by atoms with E-state index in [9.17, 15) is 27.2 Å². The maximum Gasteiger partial charge on any atom is 0.340 e. The number of rotatable bonds is 6. The van der Waals surface area contributed by atoms with Gasteiger partial charge in [-0.25, -0.2) is 18.6 Å². The predicted molar refractivity (Wildman–Crippen MR) is 78.6 cm³/mol. The van der Waals surface area contributed by atoms with E-state index in [0.29, 0.717) is 0 Å². The minimum absolute atomic E-state index is 0.0659. The molecule has 1 fully saturated rings. The number of pyridine rings is 1. The van der Waals surface area contributed by atoms with Gasteiger partial charge in [0.25, 0.3) is 5.91 Å². The second-order valence-corrected chi connectivity index (χ2v) is 5.72. The standard InChI is InChI=1S/C15H16F4N2O5/c1-8-5-21(6-10(26-8)13(23)24)12(22)9-2-3-11(20-4-9)25-7-15(18,19)14(16)17/h2-4,8,10,14H,5-7H2,1H3,(H,23,24)/t8-,10?/m1/s1. The molecule has 0 bridgehead atoms. The van der Waals surface area contributed by atoms with Crippen LogP contribution < -0.4 is 4.74 Å². The van der Waals surface area contributed by atoms with E-state index >= 15 is 0 Å². The van der Waals surface area contributed by atoms with Gasteiger partial charge in [0.2, 0.25) is 5.88 Å². The Morgan fingerprint density at radius 1 is 1.42 bits per heavy atom. The molecule has 26 heavy (non-hydrogen) atoms. The van der Waals surface area contributed by atoms with Gasteiger partial charge in [-0.3, -0.25) is 4.79 Å². The molecule has 1 amide bonds. The molecule has 7 nitrogen and oxygen atoms in total. The van der Waals surface area contributed by atoms with Crippen molar-refractivity contribution >= 4 is 11.9 Å². The van der Waals surface area contributed by atoms with Crippen LogP contribution in [0, 0.1) is 0 Å². The van der Waals surface area contributed by atoms with Crippen LogP contribution in [0.15, 0.2) is 18.3 Å². The number of nitrogens with zero attached hydrogens (tertiary/aromatic N) is 2. The van der Waals surface area contributed by atoms with E-state index in [1.54, 1.807) is 6.92 Å². The van der Waals surface area contributed by atoms with Crippen LogP contribution in [0.3, 0.4) is 0 Å². The summed E-state index contributed by atoms with van der Waals surface area (Å²) in [5.74, 6) is -6.38. The quantitative estimate of drug-likeness (QED) is 0.756. The molecule has 0 spiro atoms. The number of carboxylic acid groups (broad SMARTS) is 1. The summed E-state index contributed by atoms with van der Waals surface area (Å²) in [6, 6.07) is 2.31. The van der Waals surface area contributed by atoms with Gasteiger partial charge < -0.3 is 19.5 Å². The van der Waals surface area contributed by atoms with Gasteiger partial charge in [-0.2, -0.15) is 8.78 Å². The number of carboxylic acids is 1. The lowest BCUT2D eigenvalue weighted by molar-refractivity contribution is -0.160. The van der Waals surface area contributed by atoms with Gasteiger partial charge in [0, 0.05) is 18.8 Å². The number of ether oxygens (including phenoxy) is 2. The first kappa shape index (κ1) is 19.9. The molecule has 144 valence electrons. The summed E-state index contributed by atoms with van der Waals surface area (Å²) in [4.78, 5) is 28.4. The molecular weight excluding hydrogens is 364 g/mol. The van der Waals surface area contributed by atoms with Crippen molar-refractivity contribution in [3.05, 3.63) is 23.9 Å². The van der Waals surface area contributed by atoms with Crippen molar-refractivity contribution in [3.8, 4) is 5.88 Å². The number of carbonyl (C=O) groups is 2. The Labute approximate surface area is 145 Å². The molecule has 2 atom stereocenters. The molecule has 11 heteroatoms. The summed E-state index contributed by atoms with van der Waals surface area (Å²) < 4.78 is 59.4. The Morgan fingerprint density at radius 2 is 2.12 bits per heavy atom. The second kappa shape index (κ2) is 7.85. The third-order valence-electron chi connectivity index (χ3n) is 3.54. The van der Waals surface area contributed by atoms with E-state index in [0.717, 1.165) is 12.3 Å². The van der Waals surface area contributed by atoms with Gasteiger partial charge in [-0.1, -0.05) is 0 Å². The molecule has 0 saturated carbocycles. The van der Waals surface area contributed by atoms with Crippen LogP contribution in [0.5, 0.6) is 5.88 Å². The summed E-state index contributed by atoms with van der Waals surface area (Å²) in [5.41, 5.74) is 0.0659. The Bertz CT molecular complexity index is 656. The van der Waals surface area contributed by atoms with E-state index in [-0.39, 0.29) is 24.5 Å². The minimum Gasteiger partial charge on any atom is -0.479 e. The fraction of sp³-hybridized carbons (Fsp3) is 0.533. The van der Waals surface area contributed by atoms with Crippen LogP contribution in [-0.4, -0.2) is 71.1 Å². The topological polar surface area (TPSA) is 89.0 Å². The van der Waals surface area contributed by atoms with Crippen LogP contribution in [0.25, 0.3) is 0 Å². The van der Waals surface area contributed by atoms with Crippen molar-refractivity contribution in [1.82, 2.24) is 9.88 Å². The predicted octanol–water partition coefficient (Wildman–Crippen LogP) is 1.67.